The fourth-order valence-corrected chi connectivity index (χ4v) is 6.11. The van der Waals surface area contributed by atoms with E-state index in [4.69, 9.17) is 11.1 Å². The molecule has 4 atom stereocenters. The average Bonchev–Trinajstić information content (AvgIpc) is 2.78. The van der Waals surface area contributed by atoms with Crippen molar-refractivity contribution in [3.05, 3.63) is 51.2 Å². The first kappa shape index (κ1) is 27.7. The monoisotopic (exact) mass is 530 g/mol. The van der Waals surface area contributed by atoms with Crippen molar-refractivity contribution in [3.8, 4) is 5.75 Å². The number of likely N-dealkylation sites (N-methyl/N-ethyl adjacent to an activating group) is 1. The maximum Gasteiger partial charge on any atom is 0.254 e. The molecular weight excluding hydrogens is 495 g/mol. The molecule has 0 aromatic heterocycles. The summed E-state index contributed by atoms with van der Waals surface area (Å²) in [6.07, 6.45) is -0.0741. The van der Waals surface area contributed by atoms with Gasteiger partial charge in [-0.3, -0.25) is 14.5 Å². The highest BCUT2D eigenvalue weighted by molar-refractivity contribution is 6.26. The van der Waals surface area contributed by atoms with E-state index in [1.807, 2.05) is 20.8 Å². The number of aromatic hydroxyl groups is 1. The number of nitrogens with one attached hydrogen (secondary N) is 2. The van der Waals surface area contributed by atoms with E-state index in [2.05, 4.69) is 5.32 Å². The van der Waals surface area contributed by atoms with Crippen LogP contribution in [0, 0.1) is 28.5 Å². The number of phenolic OH excluding ortho intramolecular Hbond substituents is 1. The Morgan fingerprint density at radius 2 is 1.92 bits per heavy atom. The Bertz CT molecular complexity index is 1310. The number of ketones is 1. The lowest BCUT2D eigenvalue weighted by molar-refractivity contribution is -0.114. The summed E-state index contributed by atoms with van der Waals surface area (Å²) in [6, 6.07) is 0.152. The van der Waals surface area contributed by atoms with Crippen LogP contribution in [0.4, 0.5) is 4.39 Å². The van der Waals surface area contributed by atoms with Gasteiger partial charge < -0.3 is 36.9 Å². The molecular formula is C27H35FN4O6. The summed E-state index contributed by atoms with van der Waals surface area (Å²) in [5, 5.41) is 56.3. The lowest BCUT2D eigenvalue weighted by Gasteiger charge is -2.51. The highest BCUT2D eigenvalue weighted by atomic mass is 19.1. The largest absolute Gasteiger partial charge is 0.510 e. The quantitative estimate of drug-likeness (QED) is 0.301. The number of primary amides is 1. The third kappa shape index (κ3) is 4.09. The maximum atomic E-state index is 15.7. The first-order valence-corrected chi connectivity index (χ1v) is 12.5. The fraction of sp³-hybridized carbons (Fsp3) is 0.519. The molecule has 38 heavy (non-hydrogen) atoms. The molecule has 10 nitrogen and oxygen atoms in total. The van der Waals surface area contributed by atoms with Crippen LogP contribution < -0.4 is 11.1 Å². The number of allylic oxidation sites excluding steroid dienone is 1. The molecule has 3 aliphatic carbocycles. The summed E-state index contributed by atoms with van der Waals surface area (Å²) in [6.45, 7) is 6.79. The van der Waals surface area contributed by atoms with E-state index in [0.29, 0.717) is 6.54 Å². The molecule has 0 heterocycles. The van der Waals surface area contributed by atoms with Crippen molar-refractivity contribution >= 4 is 17.4 Å². The second kappa shape index (κ2) is 9.18. The second-order valence-electron chi connectivity index (χ2n) is 11.9. The van der Waals surface area contributed by atoms with Gasteiger partial charge in [0.1, 0.15) is 28.7 Å². The van der Waals surface area contributed by atoms with Gasteiger partial charge in [-0.25, -0.2) is 4.39 Å². The first-order chi connectivity index (χ1) is 17.5. The van der Waals surface area contributed by atoms with Crippen LogP contribution in [-0.4, -0.2) is 75.0 Å². The summed E-state index contributed by atoms with van der Waals surface area (Å²) in [5.74, 6) is -6.31. The van der Waals surface area contributed by atoms with E-state index in [9.17, 15) is 30.0 Å². The van der Waals surface area contributed by atoms with E-state index in [0.717, 1.165) is 0 Å². The molecule has 206 valence electrons. The van der Waals surface area contributed by atoms with Crippen molar-refractivity contribution in [1.82, 2.24) is 10.2 Å². The van der Waals surface area contributed by atoms with Crippen LogP contribution in [0.25, 0.3) is 0 Å². The lowest BCUT2D eigenvalue weighted by Crippen LogP contribution is -2.63. The number of rotatable bonds is 5. The van der Waals surface area contributed by atoms with Gasteiger partial charge >= 0.3 is 0 Å². The Hall–Kier alpha value is -3.28. The number of benzene rings is 1. The number of nitrogens with two attached hydrogens (primary N) is 1. The minimum atomic E-state index is -2.50. The molecule has 0 bridgehead atoms. The highest BCUT2D eigenvalue weighted by Crippen LogP contribution is 2.52. The van der Waals surface area contributed by atoms with Gasteiger partial charge in [0.2, 0.25) is 0 Å². The molecule has 1 amide bonds. The summed E-state index contributed by atoms with van der Waals surface area (Å²) in [4.78, 5) is 27.2. The molecule has 0 saturated carbocycles. The minimum absolute atomic E-state index is 0.0134. The van der Waals surface area contributed by atoms with E-state index >= 15 is 4.39 Å². The number of hydrogen-bond acceptors (Lipinski definition) is 9. The number of Topliss-reactive ketones (excluding diaryl/α,β-unsaturated/α-hetero) is 1. The van der Waals surface area contributed by atoms with Gasteiger partial charge in [0.25, 0.3) is 5.91 Å². The molecule has 1 aromatic carbocycles. The van der Waals surface area contributed by atoms with Crippen LogP contribution >= 0.6 is 0 Å². The Kier molecular flexibility index (Phi) is 6.70. The predicted molar refractivity (Wildman–Crippen MR) is 138 cm³/mol. The number of nitrogens with zero attached hydrogens (tertiary/aromatic N) is 1. The smallest absolute Gasteiger partial charge is 0.254 e. The number of aliphatic hydroxyl groups excluding tert-OH is 2. The van der Waals surface area contributed by atoms with E-state index in [1.54, 1.807) is 14.1 Å². The molecule has 0 radical (unpaired) electrons. The number of amides is 1. The van der Waals surface area contributed by atoms with Crippen LogP contribution in [0.5, 0.6) is 5.75 Å². The summed E-state index contributed by atoms with van der Waals surface area (Å²) in [7, 11) is 3.17. The van der Waals surface area contributed by atoms with Crippen molar-refractivity contribution in [1.29, 1.82) is 5.41 Å². The minimum Gasteiger partial charge on any atom is -0.510 e. The zero-order valence-electron chi connectivity index (χ0n) is 22.1. The van der Waals surface area contributed by atoms with E-state index < -0.39 is 69.5 Å². The van der Waals surface area contributed by atoms with Gasteiger partial charge in [-0.1, -0.05) is 20.8 Å². The molecule has 11 heteroatoms. The number of carbonyl (C=O) groups excluding carboxylic acids is 2. The first-order valence-electron chi connectivity index (χ1n) is 12.5. The van der Waals surface area contributed by atoms with Gasteiger partial charge in [-0.05, 0) is 44.3 Å². The Balaban J connectivity index is 1.83. The number of carbonyl (C=O) groups is 2. The highest BCUT2D eigenvalue weighted by Gasteiger charge is 2.61. The van der Waals surface area contributed by atoms with Gasteiger partial charge in [0.05, 0.1) is 17.3 Å². The van der Waals surface area contributed by atoms with Gasteiger partial charge in [-0.15, -0.1) is 0 Å². The van der Waals surface area contributed by atoms with E-state index in [1.165, 1.54) is 11.0 Å². The molecule has 0 unspecified atom stereocenters. The van der Waals surface area contributed by atoms with Crippen LogP contribution in [0.1, 0.15) is 48.7 Å². The van der Waals surface area contributed by atoms with Crippen molar-refractivity contribution in [2.24, 2.45) is 23.0 Å². The molecule has 1 aromatic rings. The van der Waals surface area contributed by atoms with Crippen molar-refractivity contribution in [2.75, 3.05) is 20.6 Å². The molecule has 0 aliphatic heterocycles. The second-order valence-corrected chi connectivity index (χ2v) is 11.9. The molecule has 0 saturated heterocycles. The van der Waals surface area contributed by atoms with Crippen LogP contribution in [0.3, 0.4) is 0 Å². The average molecular weight is 531 g/mol. The van der Waals surface area contributed by atoms with Crippen LogP contribution in [0.15, 0.2) is 28.7 Å². The number of hydrogen-bond donors (Lipinski definition) is 7. The molecule has 4 rings (SSSR count). The zero-order valence-corrected chi connectivity index (χ0v) is 22.1. The van der Waals surface area contributed by atoms with Crippen LogP contribution in [-0.2, 0) is 17.8 Å². The van der Waals surface area contributed by atoms with Crippen LogP contribution in [0.2, 0.25) is 0 Å². The van der Waals surface area contributed by atoms with Gasteiger partial charge in [-0.2, -0.15) is 0 Å². The third-order valence-electron chi connectivity index (χ3n) is 7.76. The summed E-state index contributed by atoms with van der Waals surface area (Å²) >= 11 is 0. The number of fused-ring (bicyclic) bond motifs is 3. The number of halogens is 1. The zero-order chi connectivity index (χ0) is 28.5. The molecule has 0 fully saturated rings. The molecule has 0 spiro atoms. The summed E-state index contributed by atoms with van der Waals surface area (Å²) < 4.78 is 15.7. The third-order valence-corrected chi connectivity index (χ3v) is 7.76. The fourth-order valence-electron chi connectivity index (χ4n) is 6.11. The normalized spacial score (nSPS) is 27.4. The Morgan fingerprint density at radius 3 is 2.47 bits per heavy atom. The lowest BCUT2D eigenvalue weighted by atomic mass is 9.58. The Labute approximate surface area is 220 Å². The topological polar surface area (TPSA) is 180 Å². The van der Waals surface area contributed by atoms with Crippen molar-refractivity contribution in [2.45, 2.75) is 51.8 Å². The van der Waals surface area contributed by atoms with Crippen molar-refractivity contribution < 1.29 is 34.4 Å². The molecule has 8 N–H and O–H groups in total. The van der Waals surface area contributed by atoms with Gasteiger partial charge in [0, 0.05) is 35.7 Å². The summed E-state index contributed by atoms with van der Waals surface area (Å²) in [5.41, 5.74) is 1.03. The number of phenols is 1. The van der Waals surface area contributed by atoms with Crippen molar-refractivity contribution in [3.63, 3.8) is 0 Å². The van der Waals surface area contributed by atoms with E-state index in [-0.39, 0.29) is 47.1 Å². The predicted octanol–water partition coefficient (Wildman–Crippen LogP) is 1.85. The Morgan fingerprint density at radius 1 is 1.29 bits per heavy atom. The SMILES string of the molecule is CN(C)[C@@H]1C(O)=C(C(N)=O)C(=N)[C@@]2(O)C(O)=C3C(=O)c4c(O)cc(CNCC(C)(C)C)c(F)c4C[C@H]3C[C@@H]12. The number of aliphatic hydroxyl groups is 3. The standard InChI is InChI=1S/C27H35FN4O6/c1-26(2,3)10-31-9-12-8-15(33)17-13(19(12)28)6-11-7-14-20(32(4)5)22(35)18(25(30)37)23(29)27(14,38)24(36)16(11)21(17)34/h8,11,14,20,29,31,33,35-36,38H,6-7,9-10H2,1-5H3,(H2,30,37)/t11-,14-,20-,27+/m0/s1. The maximum absolute atomic E-state index is 15.7. The molecule has 3 aliphatic rings. The van der Waals surface area contributed by atoms with Gasteiger partial charge in [0.15, 0.2) is 11.4 Å².